The second kappa shape index (κ2) is 8.28. The van der Waals surface area contributed by atoms with Crippen molar-refractivity contribution < 1.29 is 4.79 Å². The lowest BCUT2D eigenvalue weighted by Gasteiger charge is -2.30. The summed E-state index contributed by atoms with van der Waals surface area (Å²) in [6.07, 6.45) is 8.82. The number of hydrogen-bond acceptors (Lipinski definition) is 2. The van der Waals surface area contributed by atoms with Crippen LogP contribution in [0, 0.1) is 0 Å². The van der Waals surface area contributed by atoms with Crippen LogP contribution in [-0.2, 0) is 4.79 Å². The number of fused-ring (bicyclic) bond motifs is 1. The normalized spacial score (nSPS) is 14.0. The van der Waals surface area contributed by atoms with Crippen molar-refractivity contribution >= 4 is 28.9 Å². The molecule has 0 bridgehead atoms. The first-order chi connectivity index (χ1) is 10.2. The molecule has 0 saturated carbocycles. The van der Waals surface area contributed by atoms with Gasteiger partial charge in [-0.05, 0) is 24.6 Å². The topological polar surface area (TPSA) is 32.3 Å². The average Bonchev–Trinajstić information content (AvgIpc) is 2.48. The molecule has 0 aliphatic carbocycles. The first-order valence-electron chi connectivity index (χ1n) is 8.06. The third-order valence-electron chi connectivity index (χ3n) is 3.97. The summed E-state index contributed by atoms with van der Waals surface area (Å²) in [5.74, 6) is 0.149. The summed E-state index contributed by atoms with van der Waals surface area (Å²) in [7, 11) is 0. The van der Waals surface area contributed by atoms with E-state index in [-0.39, 0.29) is 5.91 Å². The highest BCUT2D eigenvalue weighted by Gasteiger charge is 2.23. The number of anilines is 2. The molecule has 1 aliphatic rings. The van der Waals surface area contributed by atoms with Crippen molar-refractivity contribution in [1.29, 1.82) is 0 Å². The Hall–Kier alpha value is -1.22. The van der Waals surface area contributed by atoms with Gasteiger partial charge in [-0.3, -0.25) is 4.79 Å². The number of benzene rings is 1. The molecular weight excluding hydrogens is 284 g/mol. The molecule has 4 heteroatoms. The van der Waals surface area contributed by atoms with Gasteiger partial charge in [0.25, 0.3) is 0 Å². The van der Waals surface area contributed by atoms with Crippen molar-refractivity contribution in [3.63, 3.8) is 0 Å². The number of unbranched alkanes of at least 4 members (excludes halogenated alkanes) is 6. The lowest BCUT2D eigenvalue weighted by atomic mass is 10.1. The third kappa shape index (κ3) is 4.63. The van der Waals surface area contributed by atoms with E-state index in [1.54, 1.807) is 0 Å². The van der Waals surface area contributed by atoms with Crippen molar-refractivity contribution in [1.82, 2.24) is 0 Å². The fourth-order valence-electron chi connectivity index (χ4n) is 2.76. The lowest BCUT2D eigenvalue weighted by Crippen LogP contribution is -2.40. The van der Waals surface area contributed by atoms with Gasteiger partial charge in [-0.15, -0.1) is 0 Å². The predicted octanol–water partition coefficient (Wildman–Crippen LogP) is 4.85. The van der Waals surface area contributed by atoms with Crippen LogP contribution in [0.2, 0.25) is 5.02 Å². The van der Waals surface area contributed by atoms with Crippen LogP contribution in [0.4, 0.5) is 11.4 Å². The maximum absolute atomic E-state index is 12.1. The molecule has 0 aromatic heterocycles. The number of nitrogens with zero attached hydrogens (tertiary/aromatic N) is 1. The number of carbonyl (C=O) groups excluding carboxylic acids is 1. The average molecular weight is 309 g/mol. The minimum absolute atomic E-state index is 0.149. The van der Waals surface area contributed by atoms with Gasteiger partial charge in [0.2, 0.25) is 5.91 Å². The summed E-state index contributed by atoms with van der Waals surface area (Å²) in [5, 5.41) is 3.83. The van der Waals surface area contributed by atoms with Crippen molar-refractivity contribution in [2.24, 2.45) is 0 Å². The van der Waals surface area contributed by atoms with E-state index in [0.717, 1.165) is 24.3 Å². The zero-order valence-electron chi connectivity index (χ0n) is 12.8. The summed E-state index contributed by atoms with van der Waals surface area (Å²) < 4.78 is 0. The zero-order valence-corrected chi connectivity index (χ0v) is 13.6. The van der Waals surface area contributed by atoms with Gasteiger partial charge in [-0.25, -0.2) is 0 Å². The van der Waals surface area contributed by atoms with Crippen LogP contribution in [0.1, 0.15) is 51.9 Å². The molecule has 0 radical (unpaired) electrons. The van der Waals surface area contributed by atoms with Crippen molar-refractivity contribution in [3.05, 3.63) is 23.2 Å². The molecule has 1 heterocycles. The molecule has 0 saturated heterocycles. The van der Waals surface area contributed by atoms with Gasteiger partial charge in [-0.1, -0.05) is 57.0 Å². The fraction of sp³-hybridized carbons (Fsp3) is 0.588. The monoisotopic (exact) mass is 308 g/mol. The summed E-state index contributed by atoms with van der Waals surface area (Å²) in [6.45, 7) is 3.41. The van der Waals surface area contributed by atoms with E-state index in [4.69, 9.17) is 11.6 Å². The molecule has 1 aliphatic heterocycles. The largest absolute Gasteiger partial charge is 0.374 e. The van der Waals surface area contributed by atoms with Crippen molar-refractivity contribution in [3.8, 4) is 0 Å². The van der Waals surface area contributed by atoms with E-state index in [1.807, 2.05) is 23.1 Å². The molecule has 1 aromatic carbocycles. The summed E-state index contributed by atoms with van der Waals surface area (Å²) in [5.41, 5.74) is 1.92. The second-order valence-electron chi connectivity index (χ2n) is 5.68. The number of hydrogen-bond donors (Lipinski definition) is 1. The van der Waals surface area contributed by atoms with Crippen LogP contribution >= 0.6 is 11.6 Å². The number of rotatable bonds is 8. The first-order valence-corrected chi connectivity index (χ1v) is 8.44. The number of amides is 1. The molecular formula is C17H25ClN2O. The Bertz CT molecular complexity index is 476. The molecule has 116 valence electrons. The van der Waals surface area contributed by atoms with Gasteiger partial charge in [0.15, 0.2) is 0 Å². The molecule has 0 atom stereocenters. The number of halogens is 1. The molecule has 0 spiro atoms. The number of nitrogens with one attached hydrogen (secondary N) is 1. The number of carbonyl (C=O) groups is 1. The maximum Gasteiger partial charge on any atom is 0.246 e. The van der Waals surface area contributed by atoms with Gasteiger partial charge in [0, 0.05) is 11.6 Å². The van der Waals surface area contributed by atoms with Crippen LogP contribution in [0.5, 0.6) is 0 Å². The van der Waals surface area contributed by atoms with Crippen LogP contribution < -0.4 is 10.2 Å². The van der Waals surface area contributed by atoms with Gasteiger partial charge < -0.3 is 10.2 Å². The summed E-state index contributed by atoms with van der Waals surface area (Å²) in [4.78, 5) is 14.0. The quantitative estimate of drug-likeness (QED) is 0.696. The third-order valence-corrected chi connectivity index (χ3v) is 4.20. The highest BCUT2D eigenvalue weighted by Crippen LogP contribution is 2.32. The van der Waals surface area contributed by atoms with Crippen LogP contribution in [0.25, 0.3) is 0 Å². The predicted molar refractivity (Wildman–Crippen MR) is 90.3 cm³/mol. The molecule has 1 amide bonds. The van der Waals surface area contributed by atoms with Crippen molar-refractivity contribution in [2.45, 2.75) is 51.9 Å². The smallest absolute Gasteiger partial charge is 0.246 e. The van der Waals surface area contributed by atoms with E-state index >= 15 is 0 Å². The van der Waals surface area contributed by atoms with Gasteiger partial charge in [0.1, 0.15) is 0 Å². The standard InChI is InChI=1S/C17H25ClN2O/c1-2-3-4-5-6-7-8-11-20-16-10-9-14(18)12-15(16)19-13-17(20)21/h9-10,12,19H,2-8,11,13H2,1H3. The minimum atomic E-state index is 0.149. The van der Waals surface area contributed by atoms with Gasteiger partial charge >= 0.3 is 0 Å². The van der Waals surface area contributed by atoms with Gasteiger partial charge in [0.05, 0.1) is 17.9 Å². The molecule has 3 nitrogen and oxygen atoms in total. The highest BCUT2D eigenvalue weighted by molar-refractivity contribution is 6.31. The summed E-state index contributed by atoms with van der Waals surface area (Å²) in [6, 6.07) is 5.67. The van der Waals surface area contributed by atoms with Crippen LogP contribution in [0.3, 0.4) is 0 Å². The second-order valence-corrected chi connectivity index (χ2v) is 6.12. The van der Waals surface area contributed by atoms with Gasteiger partial charge in [-0.2, -0.15) is 0 Å². The van der Waals surface area contributed by atoms with E-state index in [2.05, 4.69) is 12.2 Å². The SMILES string of the molecule is CCCCCCCCCN1C(=O)CNc2cc(Cl)ccc21. The Morgan fingerprint density at radius 3 is 2.62 bits per heavy atom. The van der Waals surface area contributed by atoms with Crippen LogP contribution in [0.15, 0.2) is 18.2 Å². The van der Waals surface area contributed by atoms with Crippen molar-refractivity contribution in [2.75, 3.05) is 23.3 Å². The molecule has 1 aromatic rings. The molecule has 21 heavy (non-hydrogen) atoms. The molecule has 0 unspecified atom stereocenters. The van der Waals surface area contributed by atoms with Crippen LogP contribution in [-0.4, -0.2) is 19.0 Å². The summed E-state index contributed by atoms with van der Waals surface area (Å²) >= 11 is 6.00. The van der Waals surface area contributed by atoms with E-state index in [0.29, 0.717) is 11.6 Å². The Morgan fingerprint density at radius 2 is 1.86 bits per heavy atom. The van der Waals surface area contributed by atoms with E-state index in [1.165, 1.54) is 38.5 Å². The highest BCUT2D eigenvalue weighted by atomic mass is 35.5. The Labute approximate surface area is 132 Å². The Morgan fingerprint density at radius 1 is 1.14 bits per heavy atom. The molecule has 2 rings (SSSR count). The minimum Gasteiger partial charge on any atom is -0.374 e. The molecule has 1 N–H and O–H groups in total. The van der Waals surface area contributed by atoms with E-state index < -0.39 is 0 Å². The first kappa shape index (κ1) is 16.2. The Kier molecular flexibility index (Phi) is 6.37. The fourth-order valence-corrected chi connectivity index (χ4v) is 2.93. The zero-order chi connectivity index (χ0) is 15.1. The lowest BCUT2D eigenvalue weighted by molar-refractivity contribution is -0.117. The van der Waals surface area contributed by atoms with E-state index in [9.17, 15) is 4.79 Å². The Balaban J connectivity index is 1.81. The molecule has 0 fully saturated rings. The maximum atomic E-state index is 12.1.